The first-order chi connectivity index (χ1) is 15.1. The van der Waals surface area contributed by atoms with Gasteiger partial charge in [0.05, 0.1) is 16.5 Å². The molecular weight excluding hydrogens is 476 g/mol. The van der Waals surface area contributed by atoms with Crippen LogP contribution in [0.25, 0.3) is 10.1 Å². The molecule has 1 aliphatic heterocycles. The Balaban J connectivity index is 1.53. The van der Waals surface area contributed by atoms with Gasteiger partial charge in [0.2, 0.25) is 0 Å². The van der Waals surface area contributed by atoms with Crippen molar-refractivity contribution in [2.75, 3.05) is 31.2 Å². The Morgan fingerprint density at radius 2 is 2.00 bits per heavy atom. The van der Waals surface area contributed by atoms with E-state index in [-0.39, 0.29) is 17.4 Å². The number of benzene rings is 1. The highest BCUT2D eigenvalue weighted by molar-refractivity contribution is 7.91. The smallest absolute Gasteiger partial charge is 0.325 e. The van der Waals surface area contributed by atoms with E-state index in [1.807, 2.05) is 38.1 Å². The molecule has 174 valence electrons. The third-order valence-electron chi connectivity index (χ3n) is 5.02. The largest absolute Gasteiger partial charge is 0.454 e. The van der Waals surface area contributed by atoms with Gasteiger partial charge in [-0.2, -0.15) is 0 Å². The number of carbonyl (C=O) groups is 3. The predicted molar refractivity (Wildman–Crippen MR) is 124 cm³/mol. The van der Waals surface area contributed by atoms with Crippen molar-refractivity contribution in [2.45, 2.75) is 26.3 Å². The number of ether oxygens (including phenoxy) is 1. The highest BCUT2D eigenvalue weighted by Crippen LogP contribution is 2.34. The van der Waals surface area contributed by atoms with Crippen LogP contribution in [0.3, 0.4) is 0 Å². The second kappa shape index (κ2) is 10.2. The molecule has 0 bridgehead atoms. The molecule has 1 saturated heterocycles. The van der Waals surface area contributed by atoms with Crippen molar-refractivity contribution in [1.82, 2.24) is 10.2 Å². The first-order valence-electron chi connectivity index (χ1n) is 10.2. The number of rotatable bonds is 8. The summed E-state index contributed by atoms with van der Waals surface area (Å²) >= 11 is 7.49. The highest BCUT2D eigenvalue weighted by Gasteiger charge is 2.35. The van der Waals surface area contributed by atoms with Crippen LogP contribution in [0.4, 0.5) is 0 Å². The standard InChI is InChI=1S/C21H25ClN2O6S2/c1-13(2)10-24(14-7-8-32(28,29)12-14)17(25)11-30-18(26)9-23-21(27)20-19(22)15-5-3-4-6-16(15)31-20/h3-6,13-14H,7-12H2,1-2H3,(H,23,27)/t14-/m0/s1. The first-order valence-corrected chi connectivity index (χ1v) is 13.2. The maximum absolute atomic E-state index is 12.6. The third-order valence-corrected chi connectivity index (χ3v) is 8.45. The van der Waals surface area contributed by atoms with Crippen LogP contribution in [0.1, 0.15) is 29.9 Å². The van der Waals surface area contributed by atoms with Gasteiger partial charge in [0.25, 0.3) is 11.8 Å². The monoisotopic (exact) mass is 500 g/mol. The summed E-state index contributed by atoms with van der Waals surface area (Å²) in [4.78, 5) is 38.9. The van der Waals surface area contributed by atoms with Gasteiger partial charge in [-0.05, 0) is 18.4 Å². The molecule has 0 spiro atoms. The van der Waals surface area contributed by atoms with Gasteiger partial charge in [-0.1, -0.05) is 43.6 Å². The van der Waals surface area contributed by atoms with Gasteiger partial charge in [-0.3, -0.25) is 14.4 Å². The van der Waals surface area contributed by atoms with Crippen molar-refractivity contribution in [2.24, 2.45) is 5.92 Å². The number of thiophene rings is 1. The van der Waals surface area contributed by atoms with Gasteiger partial charge < -0.3 is 15.0 Å². The van der Waals surface area contributed by atoms with Gasteiger partial charge in [0, 0.05) is 22.7 Å². The number of halogens is 1. The average molecular weight is 501 g/mol. The van der Waals surface area contributed by atoms with E-state index in [9.17, 15) is 22.8 Å². The molecule has 32 heavy (non-hydrogen) atoms. The fourth-order valence-corrected chi connectivity index (χ4v) is 6.70. The number of amides is 2. The van der Waals surface area contributed by atoms with E-state index in [4.69, 9.17) is 16.3 Å². The molecular formula is C21H25ClN2O6S2. The molecule has 1 fully saturated rings. The lowest BCUT2D eigenvalue weighted by atomic mass is 10.1. The summed E-state index contributed by atoms with van der Waals surface area (Å²) in [5, 5.41) is 3.54. The first kappa shape index (κ1) is 24.5. The number of nitrogens with zero attached hydrogens (tertiary/aromatic N) is 1. The van der Waals surface area contributed by atoms with Crippen molar-refractivity contribution >= 4 is 60.6 Å². The van der Waals surface area contributed by atoms with Crippen LogP contribution < -0.4 is 5.32 Å². The Hall–Kier alpha value is -2.17. The number of fused-ring (bicyclic) bond motifs is 1. The minimum Gasteiger partial charge on any atom is -0.454 e. The zero-order valence-corrected chi connectivity index (χ0v) is 20.2. The molecule has 2 heterocycles. The van der Waals surface area contributed by atoms with E-state index in [1.54, 1.807) is 0 Å². The SMILES string of the molecule is CC(C)CN(C(=O)COC(=O)CNC(=O)c1sc2ccccc2c1Cl)[C@H]1CCS(=O)(=O)C1. The van der Waals surface area contributed by atoms with E-state index >= 15 is 0 Å². The summed E-state index contributed by atoms with van der Waals surface area (Å²) in [6.07, 6.45) is 0.376. The van der Waals surface area contributed by atoms with Crippen molar-refractivity contribution in [3.05, 3.63) is 34.2 Å². The maximum Gasteiger partial charge on any atom is 0.325 e. The molecule has 3 rings (SSSR count). The summed E-state index contributed by atoms with van der Waals surface area (Å²) in [6.45, 7) is 3.28. The van der Waals surface area contributed by atoms with Crippen LogP contribution in [-0.4, -0.2) is 68.3 Å². The molecule has 1 aromatic heterocycles. The van der Waals surface area contributed by atoms with Crippen LogP contribution in [-0.2, 0) is 24.2 Å². The summed E-state index contributed by atoms with van der Waals surface area (Å²) in [6, 6.07) is 6.91. The molecule has 0 saturated carbocycles. The Labute approximate surface area is 195 Å². The lowest BCUT2D eigenvalue weighted by Gasteiger charge is -2.29. The van der Waals surface area contributed by atoms with E-state index in [1.165, 1.54) is 16.2 Å². The maximum atomic E-state index is 12.6. The summed E-state index contributed by atoms with van der Waals surface area (Å²) in [5.74, 6) is -1.63. The Morgan fingerprint density at radius 3 is 2.62 bits per heavy atom. The minimum absolute atomic E-state index is 0.0473. The van der Waals surface area contributed by atoms with Crippen LogP contribution in [0.2, 0.25) is 5.02 Å². The molecule has 1 aliphatic rings. The highest BCUT2D eigenvalue weighted by atomic mass is 35.5. The molecule has 1 N–H and O–H groups in total. The Kier molecular flexibility index (Phi) is 7.79. The lowest BCUT2D eigenvalue weighted by Crippen LogP contribution is -2.45. The zero-order chi connectivity index (χ0) is 23.5. The van der Waals surface area contributed by atoms with Crippen molar-refractivity contribution in [3.8, 4) is 0 Å². The van der Waals surface area contributed by atoms with Crippen LogP contribution in [0, 0.1) is 5.92 Å². The van der Waals surface area contributed by atoms with Gasteiger partial charge >= 0.3 is 5.97 Å². The normalized spacial score (nSPS) is 17.4. The lowest BCUT2D eigenvalue weighted by molar-refractivity contribution is -0.152. The van der Waals surface area contributed by atoms with Crippen molar-refractivity contribution in [1.29, 1.82) is 0 Å². The van der Waals surface area contributed by atoms with Crippen LogP contribution in [0.5, 0.6) is 0 Å². The molecule has 8 nitrogen and oxygen atoms in total. The van der Waals surface area contributed by atoms with Gasteiger partial charge in [0.15, 0.2) is 16.4 Å². The van der Waals surface area contributed by atoms with Gasteiger partial charge in [-0.15, -0.1) is 11.3 Å². The molecule has 0 radical (unpaired) electrons. The molecule has 0 aliphatic carbocycles. The number of sulfone groups is 1. The Bertz CT molecular complexity index is 1130. The van der Waals surface area contributed by atoms with Gasteiger partial charge in [-0.25, -0.2) is 8.42 Å². The number of nitrogens with one attached hydrogen (secondary N) is 1. The van der Waals surface area contributed by atoms with Crippen LogP contribution in [0.15, 0.2) is 24.3 Å². The van der Waals surface area contributed by atoms with E-state index < -0.39 is 46.8 Å². The average Bonchev–Trinajstić information content (AvgIpc) is 3.27. The molecule has 1 atom stereocenters. The Morgan fingerprint density at radius 1 is 1.28 bits per heavy atom. The summed E-state index contributed by atoms with van der Waals surface area (Å²) in [7, 11) is -3.16. The second-order valence-corrected chi connectivity index (χ2v) is 11.7. The minimum atomic E-state index is -3.16. The molecule has 0 unspecified atom stereocenters. The fourth-order valence-electron chi connectivity index (χ4n) is 3.54. The van der Waals surface area contributed by atoms with E-state index in [2.05, 4.69) is 5.32 Å². The van der Waals surface area contributed by atoms with E-state index in [0.29, 0.717) is 22.9 Å². The quantitative estimate of drug-likeness (QED) is 0.558. The number of hydrogen-bond donors (Lipinski definition) is 1. The summed E-state index contributed by atoms with van der Waals surface area (Å²) in [5.41, 5.74) is 0. The fraction of sp³-hybridized carbons (Fsp3) is 0.476. The van der Waals surface area contributed by atoms with E-state index in [0.717, 1.165) is 10.1 Å². The van der Waals surface area contributed by atoms with Crippen LogP contribution >= 0.6 is 22.9 Å². The predicted octanol–water partition coefficient (Wildman–Crippen LogP) is 2.50. The molecule has 2 amide bonds. The summed E-state index contributed by atoms with van der Waals surface area (Å²) < 4.78 is 29.5. The number of esters is 1. The van der Waals surface area contributed by atoms with Gasteiger partial charge in [0.1, 0.15) is 11.4 Å². The zero-order valence-electron chi connectivity index (χ0n) is 17.8. The number of carbonyl (C=O) groups excluding carboxylic acids is 3. The molecule has 1 aromatic carbocycles. The number of hydrogen-bond acceptors (Lipinski definition) is 7. The molecule has 11 heteroatoms. The van der Waals surface area contributed by atoms with Crippen molar-refractivity contribution in [3.63, 3.8) is 0 Å². The topological polar surface area (TPSA) is 110 Å². The third kappa shape index (κ3) is 5.99. The molecule has 2 aromatic rings. The second-order valence-electron chi connectivity index (χ2n) is 8.08. The van der Waals surface area contributed by atoms with Crippen molar-refractivity contribution < 1.29 is 27.5 Å².